The molecule has 1 aromatic heterocycles. The van der Waals surface area contributed by atoms with Gasteiger partial charge in [-0.2, -0.15) is 0 Å². The number of ether oxygens (including phenoxy) is 2. The second kappa shape index (κ2) is 8.67. The number of nitrogens with two attached hydrogens (primary N) is 1. The molecule has 7 heteroatoms. The van der Waals surface area contributed by atoms with Gasteiger partial charge in [0.1, 0.15) is 0 Å². The van der Waals surface area contributed by atoms with Crippen molar-refractivity contribution in [2.45, 2.75) is 31.6 Å². The van der Waals surface area contributed by atoms with E-state index in [1.807, 2.05) is 42.5 Å². The fraction of sp³-hybridized carbons (Fsp3) is 0.231. The third kappa shape index (κ3) is 4.07. The highest BCUT2D eigenvalue weighted by Crippen LogP contribution is 2.35. The molecule has 4 aromatic rings. The van der Waals surface area contributed by atoms with Crippen LogP contribution >= 0.6 is 0 Å². The van der Waals surface area contributed by atoms with Crippen molar-refractivity contribution in [1.29, 1.82) is 0 Å². The number of aromatic nitrogens is 2. The molecule has 1 fully saturated rings. The van der Waals surface area contributed by atoms with E-state index >= 15 is 0 Å². The van der Waals surface area contributed by atoms with Crippen LogP contribution in [0.1, 0.15) is 24.5 Å². The van der Waals surface area contributed by atoms with E-state index in [9.17, 15) is 9.18 Å². The highest BCUT2D eigenvalue weighted by atomic mass is 19.1. The fourth-order valence-electron chi connectivity index (χ4n) is 4.39. The summed E-state index contributed by atoms with van der Waals surface area (Å²) >= 11 is 0. The van der Waals surface area contributed by atoms with E-state index in [4.69, 9.17) is 15.2 Å². The lowest BCUT2D eigenvalue weighted by Gasteiger charge is -2.17. The van der Waals surface area contributed by atoms with Gasteiger partial charge in [0.25, 0.3) is 5.56 Å². The van der Waals surface area contributed by atoms with Crippen LogP contribution < -0.4 is 16.0 Å². The third-order valence-corrected chi connectivity index (χ3v) is 6.13. The molecule has 3 aromatic carbocycles. The Bertz CT molecular complexity index is 1370. The zero-order valence-corrected chi connectivity index (χ0v) is 18.2. The fourth-order valence-corrected chi connectivity index (χ4v) is 4.39. The average Bonchev–Trinajstić information content (AvgIpc) is 3.31. The summed E-state index contributed by atoms with van der Waals surface area (Å²) in [4.78, 5) is 17.7. The molecule has 2 heterocycles. The first-order chi connectivity index (χ1) is 16.0. The first-order valence-corrected chi connectivity index (χ1v) is 10.9. The Morgan fingerprint density at radius 3 is 2.70 bits per heavy atom. The smallest absolute Gasteiger partial charge is 0.262 e. The Labute approximate surface area is 190 Å². The molecule has 1 aliphatic heterocycles. The molecular weight excluding hydrogens is 421 g/mol. The van der Waals surface area contributed by atoms with E-state index in [0.717, 1.165) is 29.5 Å². The Balaban J connectivity index is 1.39. The molecule has 168 valence electrons. The van der Waals surface area contributed by atoms with Crippen molar-refractivity contribution in [1.82, 2.24) is 9.55 Å². The van der Waals surface area contributed by atoms with Crippen LogP contribution in [0.15, 0.2) is 71.5 Å². The van der Waals surface area contributed by atoms with Crippen LogP contribution in [-0.4, -0.2) is 22.8 Å². The summed E-state index contributed by atoms with van der Waals surface area (Å²) in [5.41, 5.74) is 9.45. The largest absolute Gasteiger partial charge is 0.494 e. The standard InChI is InChI=1S/C26H24FN3O3/c1-32-24-14-18(8-11-21(24)27)23-12-9-19(33-23)15-30-25(31)20-10-7-17(13-22(20)29-26(30)28)16-5-3-2-4-6-16/h2-8,10-11,13-14,19,23H,9,12,15H2,1H3,(H2,28,29). The summed E-state index contributed by atoms with van der Waals surface area (Å²) in [6, 6.07) is 20.3. The van der Waals surface area contributed by atoms with E-state index in [2.05, 4.69) is 4.98 Å². The van der Waals surface area contributed by atoms with Crippen molar-refractivity contribution in [3.63, 3.8) is 0 Å². The molecule has 2 N–H and O–H groups in total. The molecule has 0 bridgehead atoms. The second-order valence-corrected chi connectivity index (χ2v) is 8.20. The molecule has 2 atom stereocenters. The number of nitrogens with zero attached hydrogens (tertiary/aromatic N) is 2. The predicted molar refractivity (Wildman–Crippen MR) is 126 cm³/mol. The summed E-state index contributed by atoms with van der Waals surface area (Å²) in [5.74, 6) is -0.0605. The quantitative estimate of drug-likeness (QED) is 0.481. The van der Waals surface area contributed by atoms with E-state index in [0.29, 0.717) is 17.4 Å². The first kappa shape index (κ1) is 21.2. The van der Waals surface area contributed by atoms with Gasteiger partial charge in [-0.25, -0.2) is 9.37 Å². The number of nitrogen functional groups attached to an aromatic ring is 1. The number of hydrogen-bond donors (Lipinski definition) is 1. The molecule has 1 saturated heterocycles. The van der Waals surface area contributed by atoms with E-state index in [1.54, 1.807) is 18.2 Å². The van der Waals surface area contributed by atoms with Gasteiger partial charge in [-0.05, 0) is 53.8 Å². The summed E-state index contributed by atoms with van der Waals surface area (Å²) < 4.78 is 26.5. The molecule has 0 spiro atoms. The normalized spacial score (nSPS) is 18.0. The van der Waals surface area contributed by atoms with Gasteiger partial charge in [0.15, 0.2) is 11.6 Å². The maximum Gasteiger partial charge on any atom is 0.262 e. The number of rotatable bonds is 5. The first-order valence-electron chi connectivity index (χ1n) is 10.9. The van der Waals surface area contributed by atoms with Crippen molar-refractivity contribution in [3.05, 3.63) is 88.5 Å². The van der Waals surface area contributed by atoms with E-state index < -0.39 is 5.82 Å². The monoisotopic (exact) mass is 445 g/mol. The maximum atomic E-state index is 13.7. The van der Waals surface area contributed by atoms with Crippen LogP contribution in [0.25, 0.3) is 22.0 Å². The van der Waals surface area contributed by atoms with Crippen LogP contribution in [0.5, 0.6) is 5.75 Å². The van der Waals surface area contributed by atoms with Gasteiger partial charge in [0, 0.05) is 0 Å². The summed E-state index contributed by atoms with van der Waals surface area (Å²) in [7, 11) is 1.44. The summed E-state index contributed by atoms with van der Waals surface area (Å²) in [5, 5.41) is 0.515. The summed E-state index contributed by atoms with van der Waals surface area (Å²) in [6.07, 6.45) is 1.12. The molecule has 5 rings (SSSR count). The molecular formula is C26H24FN3O3. The predicted octanol–water partition coefficient (Wildman–Crippen LogP) is 4.71. The Hall–Kier alpha value is -3.71. The lowest BCUT2D eigenvalue weighted by molar-refractivity contribution is 0.0346. The average molecular weight is 445 g/mol. The van der Waals surface area contributed by atoms with Crippen molar-refractivity contribution >= 4 is 16.9 Å². The van der Waals surface area contributed by atoms with Crippen molar-refractivity contribution in [2.75, 3.05) is 12.8 Å². The minimum atomic E-state index is -0.409. The Morgan fingerprint density at radius 1 is 1.09 bits per heavy atom. The van der Waals surface area contributed by atoms with Crippen LogP contribution in [0.4, 0.5) is 10.3 Å². The number of halogens is 1. The Morgan fingerprint density at radius 2 is 1.91 bits per heavy atom. The van der Waals surface area contributed by atoms with Gasteiger partial charge >= 0.3 is 0 Å². The van der Waals surface area contributed by atoms with E-state index in [-0.39, 0.29) is 29.5 Å². The number of anilines is 1. The number of fused-ring (bicyclic) bond motifs is 1. The van der Waals surface area contributed by atoms with Crippen molar-refractivity contribution in [3.8, 4) is 16.9 Å². The minimum absolute atomic E-state index is 0.160. The highest BCUT2D eigenvalue weighted by molar-refractivity contribution is 5.84. The number of methoxy groups -OCH3 is 1. The summed E-state index contributed by atoms with van der Waals surface area (Å²) in [6.45, 7) is 0.308. The Kier molecular flexibility index (Phi) is 5.56. The van der Waals surface area contributed by atoms with Crippen molar-refractivity contribution in [2.24, 2.45) is 0 Å². The molecule has 0 aliphatic carbocycles. The van der Waals surface area contributed by atoms with Crippen LogP contribution in [-0.2, 0) is 11.3 Å². The lowest BCUT2D eigenvalue weighted by Crippen LogP contribution is -2.29. The van der Waals surface area contributed by atoms with Crippen LogP contribution in [0, 0.1) is 5.82 Å². The lowest BCUT2D eigenvalue weighted by atomic mass is 10.0. The zero-order chi connectivity index (χ0) is 22.9. The molecule has 0 radical (unpaired) electrons. The second-order valence-electron chi connectivity index (χ2n) is 8.20. The van der Waals surface area contributed by atoms with Gasteiger partial charge in [-0.3, -0.25) is 9.36 Å². The van der Waals surface area contributed by atoms with E-state index in [1.165, 1.54) is 17.7 Å². The maximum absolute atomic E-state index is 13.7. The molecule has 2 unspecified atom stereocenters. The van der Waals surface area contributed by atoms with Gasteiger partial charge in [-0.15, -0.1) is 0 Å². The highest BCUT2D eigenvalue weighted by Gasteiger charge is 2.28. The van der Waals surface area contributed by atoms with Crippen LogP contribution in [0.3, 0.4) is 0 Å². The molecule has 33 heavy (non-hydrogen) atoms. The third-order valence-electron chi connectivity index (χ3n) is 6.13. The van der Waals surface area contributed by atoms with Gasteiger partial charge in [0.2, 0.25) is 5.95 Å². The SMILES string of the molecule is COc1cc(C2CCC(Cn3c(N)nc4cc(-c5ccccc5)ccc4c3=O)O2)ccc1F. The number of hydrogen-bond acceptors (Lipinski definition) is 5. The molecule has 6 nitrogen and oxygen atoms in total. The molecule has 1 aliphatic rings. The van der Waals surface area contributed by atoms with Crippen molar-refractivity contribution < 1.29 is 13.9 Å². The minimum Gasteiger partial charge on any atom is -0.494 e. The van der Waals surface area contributed by atoms with Crippen LogP contribution in [0.2, 0.25) is 0 Å². The number of benzene rings is 3. The molecule has 0 amide bonds. The van der Waals surface area contributed by atoms with Gasteiger partial charge in [-0.1, -0.05) is 42.5 Å². The topological polar surface area (TPSA) is 79.4 Å². The zero-order valence-electron chi connectivity index (χ0n) is 18.2. The van der Waals surface area contributed by atoms with Gasteiger partial charge < -0.3 is 15.2 Å². The van der Waals surface area contributed by atoms with Gasteiger partial charge in [0.05, 0.1) is 36.8 Å². The molecule has 0 saturated carbocycles.